The predicted molar refractivity (Wildman–Crippen MR) is 156 cm³/mol. The first-order chi connectivity index (χ1) is 19.1. The Labute approximate surface area is 240 Å². The van der Waals surface area contributed by atoms with Crippen LogP contribution in [0.4, 0.5) is 16.3 Å². The Morgan fingerprint density at radius 1 is 0.850 bits per heavy atom. The van der Waals surface area contributed by atoms with E-state index in [1.165, 1.54) is 54.7 Å². The number of hydrogen-bond donors (Lipinski definition) is 3. The quantitative estimate of drug-likeness (QED) is 0.220. The Morgan fingerprint density at radius 3 is 2.23 bits per heavy atom. The third-order valence-electron chi connectivity index (χ3n) is 5.40. The van der Waals surface area contributed by atoms with Gasteiger partial charge in [-0.15, -0.1) is 0 Å². The summed E-state index contributed by atoms with van der Waals surface area (Å²) in [4.78, 5) is 42.2. The number of benzene rings is 3. The van der Waals surface area contributed by atoms with Crippen LogP contribution in [-0.2, 0) is 21.1 Å². The number of nitrogens with one attached hydrogen (secondary N) is 3. The number of nitrogens with zero attached hydrogens (tertiary/aromatic N) is 1. The van der Waals surface area contributed by atoms with Crippen molar-refractivity contribution in [2.75, 3.05) is 10.6 Å². The summed E-state index contributed by atoms with van der Waals surface area (Å²) in [6.07, 6.45) is 0.488. The zero-order valence-corrected chi connectivity index (χ0v) is 23.1. The number of carbonyl (C=O) groups excluding carboxylic acids is 3. The van der Waals surface area contributed by atoms with Crippen LogP contribution in [0, 0.1) is 0 Å². The Hall–Kier alpha value is -4.38. The summed E-state index contributed by atoms with van der Waals surface area (Å²) in [7, 11) is -3.26. The molecule has 4 rings (SSSR count). The monoisotopic (exact) mass is 596 g/mol. The molecule has 0 saturated carbocycles. The second kappa shape index (κ2) is 12.6. The van der Waals surface area contributed by atoms with Gasteiger partial charge in [-0.25, -0.2) is 18.7 Å². The maximum Gasteiger partial charge on any atom is 0.419 e. The highest BCUT2D eigenvalue weighted by Crippen LogP contribution is 2.23. The zero-order valence-electron chi connectivity index (χ0n) is 20.7. The smallest absolute Gasteiger partial charge is 0.419 e. The maximum atomic E-state index is 13.0. The highest BCUT2D eigenvalue weighted by molar-refractivity contribution is 7.99. The standard InChI is InChI=1S/C28H22Cl2N4O5S/c1-40(38,34-28(37)39-17-18-5-3-2-4-6-18)22-11-7-19(8-12-22)26(35)32-24-13-9-20(29)15-23(24)27(36)33-25-14-10-21(30)16-31-25/h2-16H,1,17H2,(H,32,35)(H,31,33,36)(H,34,37,38). The normalized spacial score (nSPS) is 12.1. The highest BCUT2D eigenvalue weighted by Gasteiger charge is 2.18. The number of anilines is 2. The van der Waals surface area contributed by atoms with Crippen LogP contribution in [0.25, 0.3) is 0 Å². The van der Waals surface area contributed by atoms with E-state index in [1.54, 1.807) is 30.3 Å². The summed E-state index contributed by atoms with van der Waals surface area (Å²) in [5.74, 6) is 2.77. The molecule has 9 nitrogen and oxygen atoms in total. The minimum atomic E-state index is -3.26. The van der Waals surface area contributed by atoms with Gasteiger partial charge in [0.1, 0.15) is 12.4 Å². The Kier molecular flexibility index (Phi) is 9.05. The van der Waals surface area contributed by atoms with Crippen LogP contribution < -0.4 is 15.4 Å². The minimum absolute atomic E-state index is 0.00221. The Bertz CT molecular complexity index is 1650. The van der Waals surface area contributed by atoms with Crippen molar-refractivity contribution < 1.29 is 23.3 Å². The van der Waals surface area contributed by atoms with Gasteiger partial charge in [-0.3, -0.25) is 9.59 Å². The van der Waals surface area contributed by atoms with Gasteiger partial charge in [0, 0.05) is 21.7 Å². The van der Waals surface area contributed by atoms with Crippen molar-refractivity contribution in [3.8, 4) is 0 Å². The summed E-state index contributed by atoms with van der Waals surface area (Å²) in [6, 6.07) is 22.2. The van der Waals surface area contributed by atoms with Gasteiger partial charge in [0.15, 0.2) is 0 Å². The minimum Gasteiger partial charge on any atom is -0.444 e. The molecular formula is C28H22Cl2N4O5S. The molecule has 1 aromatic heterocycles. The largest absolute Gasteiger partial charge is 0.444 e. The SMILES string of the molecule is C=S(=O)(NC(=O)OCc1ccccc1)c1ccc(C(=O)Nc2ccc(Cl)cc2C(=O)Nc2ccc(Cl)cn2)cc1. The molecule has 40 heavy (non-hydrogen) atoms. The molecular weight excluding hydrogens is 575 g/mol. The Morgan fingerprint density at radius 2 is 1.55 bits per heavy atom. The van der Waals surface area contributed by atoms with Crippen molar-refractivity contribution >= 4 is 68.2 Å². The molecule has 12 heteroatoms. The first-order valence-electron chi connectivity index (χ1n) is 11.6. The van der Waals surface area contributed by atoms with E-state index in [9.17, 15) is 18.6 Å². The van der Waals surface area contributed by atoms with Crippen LogP contribution >= 0.6 is 23.2 Å². The lowest BCUT2D eigenvalue weighted by molar-refractivity contribution is 0.102. The van der Waals surface area contributed by atoms with E-state index in [0.717, 1.165) is 5.56 Å². The van der Waals surface area contributed by atoms with E-state index in [1.807, 2.05) is 6.07 Å². The number of pyridine rings is 1. The molecule has 0 radical (unpaired) electrons. The molecule has 3 N–H and O–H groups in total. The number of aromatic nitrogens is 1. The average molecular weight is 597 g/mol. The lowest BCUT2D eigenvalue weighted by Gasteiger charge is -2.14. The van der Waals surface area contributed by atoms with E-state index in [-0.39, 0.29) is 39.2 Å². The Balaban J connectivity index is 1.42. The van der Waals surface area contributed by atoms with Crippen molar-refractivity contribution in [1.82, 2.24) is 9.71 Å². The molecule has 0 bridgehead atoms. The fourth-order valence-corrected chi connectivity index (χ4v) is 4.72. The van der Waals surface area contributed by atoms with Crippen LogP contribution in [0.5, 0.6) is 0 Å². The van der Waals surface area contributed by atoms with Gasteiger partial charge in [0.05, 0.1) is 26.0 Å². The molecule has 0 aliphatic heterocycles. The van der Waals surface area contributed by atoms with Gasteiger partial charge >= 0.3 is 6.09 Å². The van der Waals surface area contributed by atoms with E-state index >= 15 is 0 Å². The van der Waals surface area contributed by atoms with Gasteiger partial charge in [0.25, 0.3) is 11.8 Å². The fourth-order valence-electron chi connectivity index (χ4n) is 3.41. The fraction of sp³-hybridized carbons (Fsp3) is 0.0357. The van der Waals surface area contributed by atoms with E-state index < -0.39 is 27.6 Å². The lowest BCUT2D eigenvalue weighted by atomic mass is 10.1. The molecule has 0 fully saturated rings. The van der Waals surface area contributed by atoms with Crippen LogP contribution in [-0.4, -0.2) is 33.0 Å². The molecule has 3 aromatic carbocycles. The molecule has 1 atom stereocenters. The predicted octanol–water partition coefficient (Wildman–Crippen LogP) is 5.81. The van der Waals surface area contributed by atoms with Gasteiger partial charge < -0.3 is 15.4 Å². The van der Waals surface area contributed by atoms with Gasteiger partial charge in [-0.2, -0.15) is 0 Å². The number of ether oxygens (including phenoxy) is 1. The molecule has 1 unspecified atom stereocenters. The second-order valence-corrected chi connectivity index (χ2v) is 11.2. The molecule has 1 heterocycles. The van der Waals surface area contributed by atoms with Crippen LogP contribution in [0.2, 0.25) is 10.0 Å². The second-order valence-electron chi connectivity index (χ2n) is 8.32. The number of halogens is 2. The summed E-state index contributed by atoms with van der Waals surface area (Å²) in [6.45, 7) is 0.00221. The summed E-state index contributed by atoms with van der Waals surface area (Å²) in [5, 5.41) is 6.00. The van der Waals surface area contributed by atoms with Crippen LogP contribution in [0.15, 0.2) is 96.0 Å². The summed E-state index contributed by atoms with van der Waals surface area (Å²) in [5.41, 5.74) is 1.28. The van der Waals surface area contributed by atoms with Gasteiger partial charge in [0.2, 0.25) is 0 Å². The zero-order chi connectivity index (χ0) is 28.7. The number of rotatable bonds is 8. The first-order valence-corrected chi connectivity index (χ1v) is 14.1. The van der Waals surface area contributed by atoms with Crippen molar-refractivity contribution in [3.05, 3.63) is 118 Å². The first kappa shape index (κ1) is 28.6. The molecule has 0 saturated heterocycles. The van der Waals surface area contributed by atoms with Crippen molar-refractivity contribution in [3.63, 3.8) is 0 Å². The maximum absolute atomic E-state index is 13.0. The molecule has 4 aromatic rings. The third-order valence-corrected chi connectivity index (χ3v) is 7.39. The van der Waals surface area contributed by atoms with Crippen LogP contribution in [0.3, 0.4) is 0 Å². The van der Waals surface area contributed by atoms with Crippen molar-refractivity contribution in [2.45, 2.75) is 11.5 Å². The molecule has 204 valence electrons. The number of carbonyl (C=O) groups is 3. The van der Waals surface area contributed by atoms with Crippen LogP contribution in [0.1, 0.15) is 26.3 Å². The van der Waals surface area contributed by atoms with Gasteiger partial charge in [-0.1, -0.05) is 53.5 Å². The average Bonchev–Trinajstić information content (AvgIpc) is 2.94. The summed E-state index contributed by atoms with van der Waals surface area (Å²) >= 11 is 11.9. The van der Waals surface area contributed by atoms with E-state index in [4.69, 9.17) is 27.9 Å². The van der Waals surface area contributed by atoms with Crippen molar-refractivity contribution in [1.29, 1.82) is 0 Å². The third kappa shape index (κ3) is 7.60. The molecule has 0 spiro atoms. The molecule has 0 aliphatic carbocycles. The topological polar surface area (TPSA) is 126 Å². The molecule has 0 aliphatic rings. The van der Waals surface area contributed by atoms with E-state index in [2.05, 4.69) is 26.2 Å². The number of amides is 3. The number of hydrogen-bond acceptors (Lipinski definition) is 6. The lowest BCUT2D eigenvalue weighted by Crippen LogP contribution is -2.31. The highest BCUT2D eigenvalue weighted by atomic mass is 35.5. The summed E-state index contributed by atoms with van der Waals surface area (Å²) < 4.78 is 20.4. The van der Waals surface area contributed by atoms with E-state index in [0.29, 0.717) is 5.02 Å². The van der Waals surface area contributed by atoms with Crippen molar-refractivity contribution in [2.24, 2.45) is 0 Å². The molecule has 3 amide bonds. The van der Waals surface area contributed by atoms with Gasteiger partial charge in [-0.05, 0) is 66.0 Å².